The third-order valence-corrected chi connectivity index (χ3v) is 8.28. The van der Waals surface area contributed by atoms with Gasteiger partial charge in [0.15, 0.2) is 0 Å². The molecule has 0 bridgehead atoms. The SMILES string of the molecule is COc1ccc(NS(=O)(=O)c2ccc(NS(=O)(=O)c3c(C)nn(-c4ccccc4)c3C)cc2)cc1. The molecule has 4 aromatic rings. The van der Waals surface area contributed by atoms with Crippen molar-refractivity contribution >= 4 is 31.4 Å². The maximum atomic E-state index is 13.2. The Labute approximate surface area is 204 Å². The van der Waals surface area contributed by atoms with E-state index in [1.54, 1.807) is 42.8 Å². The molecule has 0 saturated carbocycles. The lowest BCUT2D eigenvalue weighted by Gasteiger charge is -2.11. The van der Waals surface area contributed by atoms with Crippen molar-refractivity contribution < 1.29 is 21.6 Å². The summed E-state index contributed by atoms with van der Waals surface area (Å²) < 4.78 is 63.4. The van der Waals surface area contributed by atoms with Crippen molar-refractivity contribution in [3.63, 3.8) is 0 Å². The van der Waals surface area contributed by atoms with E-state index >= 15 is 0 Å². The molecule has 0 aliphatic rings. The molecule has 35 heavy (non-hydrogen) atoms. The topological polar surface area (TPSA) is 119 Å². The lowest BCUT2D eigenvalue weighted by atomic mass is 10.3. The number of anilines is 2. The minimum atomic E-state index is -3.98. The maximum absolute atomic E-state index is 13.2. The highest BCUT2D eigenvalue weighted by Crippen LogP contribution is 2.26. The predicted octanol–water partition coefficient (Wildman–Crippen LogP) is 4.10. The maximum Gasteiger partial charge on any atom is 0.265 e. The first kappa shape index (κ1) is 24.3. The van der Waals surface area contributed by atoms with Crippen molar-refractivity contribution in [1.82, 2.24) is 9.78 Å². The normalized spacial score (nSPS) is 11.7. The molecule has 0 atom stereocenters. The van der Waals surface area contributed by atoms with Gasteiger partial charge in [0.05, 0.1) is 29.1 Å². The molecule has 11 heteroatoms. The van der Waals surface area contributed by atoms with E-state index in [9.17, 15) is 16.8 Å². The van der Waals surface area contributed by atoms with Crippen LogP contribution in [-0.4, -0.2) is 33.7 Å². The standard InChI is InChI=1S/C24H24N4O5S2/c1-17-24(18(2)28(25-17)21-7-5-4-6-8-21)35(31,32)27-20-11-15-23(16-12-20)34(29,30)26-19-9-13-22(33-3)14-10-19/h4-16,26-27H,1-3H3. The number of sulfonamides is 2. The molecule has 0 aliphatic heterocycles. The van der Waals surface area contributed by atoms with Gasteiger partial charge in [-0.05, 0) is 74.5 Å². The number of hydrogen-bond acceptors (Lipinski definition) is 6. The largest absolute Gasteiger partial charge is 0.497 e. The van der Waals surface area contributed by atoms with Crippen LogP contribution >= 0.6 is 0 Å². The van der Waals surface area contributed by atoms with Crippen LogP contribution in [0.3, 0.4) is 0 Å². The highest BCUT2D eigenvalue weighted by Gasteiger charge is 2.25. The van der Waals surface area contributed by atoms with Crippen LogP contribution in [0.25, 0.3) is 5.69 Å². The van der Waals surface area contributed by atoms with E-state index < -0.39 is 20.0 Å². The van der Waals surface area contributed by atoms with Crippen LogP contribution in [-0.2, 0) is 20.0 Å². The molecule has 0 radical (unpaired) electrons. The van der Waals surface area contributed by atoms with E-state index in [1.165, 1.54) is 31.4 Å². The number of methoxy groups -OCH3 is 1. The first-order valence-corrected chi connectivity index (χ1v) is 13.5. The van der Waals surface area contributed by atoms with Crippen LogP contribution in [0.5, 0.6) is 5.75 Å². The van der Waals surface area contributed by atoms with Crippen LogP contribution < -0.4 is 14.2 Å². The third kappa shape index (κ3) is 5.15. The molecule has 9 nitrogen and oxygen atoms in total. The van der Waals surface area contributed by atoms with E-state index in [-0.39, 0.29) is 15.5 Å². The minimum Gasteiger partial charge on any atom is -0.497 e. The average molecular weight is 513 g/mol. The predicted molar refractivity (Wildman–Crippen MR) is 134 cm³/mol. The number of nitrogens with zero attached hydrogens (tertiary/aromatic N) is 2. The van der Waals surface area contributed by atoms with Gasteiger partial charge in [-0.1, -0.05) is 18.2 Å². The molecule has 0 spiro atoms. The number of aryl methyl sites for hydroxylation is 1. The number of rotatable bonds is 8. The Morgan fingerprint density at radius 3 is 1.86 bits per heavy atom. The second-order valence-electron chi connectivity index (χ2n) is 7.71. The molecule has 2 N–H and O–H groups in total. The quantitative estimate of drug-likeness (QED) is 0.367. The molecule has 1 heterocycles. The summed E-state index contributed by atoms with van der Waals surface area (Å²) in [6.45, 7) is 3.31. The summed E-state index contributed by atoms with van der Waals surface area (Å²) in [6, 6.07) is 21.1. The van der Waals surface area contributed by atoms with E-state index in [1.807, 2.05) is 30.3 Å². The van der Waals surface area contributed by atoms with Gasteiger partial charge in [0, 0.05) is 11.4 Å². The van der Waals surface area contributed by atoms with E-state index in [4.69, 9.17) is 4.74 Å². The first-order chi connectivity index (χ1) is 16.6. The molecule has 0 unspecified atom stereocenters. The van der Waals surface area contributed by atoms with Crippen LogP contribution in [0, 0.1) is 13.8 Å². The Morgan fingerprint density at radius 1 is 0.743 bits per heavy atom. The fraction of sp³-hybridized carbons (Fsp3) is 0.125. The van der Waals surface area contributed by atoms with Crippen LogP contribution in [0.15, 0.2) is 88.7 Å². The number of hydrogen-bond donors (Lipinski definition) is 2. The summed E-state index contributed by atoms with van der Waals surface area (Å²) >= 11 is 0. The molecule has 182 valence electrons. The second kappa shape index (κ2) is 9.43. The molecule has 0 fully saturated rings. The van der Waals surface area contributed by atoms with Gasteiger partial charge in [-0.2, -0.15) is 5.10 Å². The third-order valence-electron chi connectivity index (χ3n) is 5.25. The van der Waals surface area contributed by atoms with Crippen LogP contribution in [0.4, 0.5) is 11.4 Å². The number of ether oxygens (including phenoxy) is 1. The Hall–Kier alpha value is -3.83. The first-order valence-electron chi connectivity index (χ1n) is 10.5. The summed E-state index contributed by atoms with van der Waals surface area (Å²) in [7, 11) is -6.32. The summed E-state index contributed by atoms with van der Waals surface area (Å²) in [5.74, 6) is 0.601. The Kier molecular flexibility index (Phi) is 6.55. The van der Waals surface area contributed by atoms with Crippen LogP contribution in [0.2, 0.25) is 0 Å². The van der Waals surface area contributed by atoms with E-state index in [2.05, 4.69) is 14.5 Å². The summed E-state index contributed by atoms with van der Waals surface area (Å²) in [4.78, 5) is 0.0553. The van der Waals surface area contributed by atoms with Crippen molar-refractivity contribution in [2.75, 3.05) is 16.6 Å². The molecule has 0 aliphatic carbocycles. The van der Waals surface area contributed by atoms with Crippen molar-refractivity contribution in [1.29, 1.82) is 0 Å². The van der Waals surface area contributed by atoms with E-state index in [0.717, 1.165) is 5.69 Å². The molecular formula is C24H24N4O5S2. The van der Waals surface area contributed by atoms with Crippen molar-refractivity contribution in [2.24, 2.45) is 0 Å². The molecule has 3 aromatic carbocycles. The molecule has 0 saturated heterocycles. The van der Waals surface area contributed by atoms with Gasteiger partial charge in [-0.3, -0.25) is 9.44 Å². The van der Waals surface area contributed by atoms with Crippen molar-refractivity contribution in [3.8, 4) is 11.4 Å². The lowest BCUT2D eigenvalue weighted by molar-refractivity contribution is 0.415. The monoisotopic (exact) mass is 512 g/mol. The molecule has 0 amide bonds. The van der Waals surface area contributed by atoms with Gasteiger partial charge in [0.1, 0.15) is 10.6 Å². The van der Waals surface area contributed by atoms with Gasteiger partial charge in [0.25, 0.3) is 20.0 Å². The molecular weight excluding hydrogens is 488 g/mol. The zero-order valence-electron chi connectivity index (χ0n) is 19.3. The van der Waals surface area contributed by atoms with Gasteiger partial charge < -0.3 is 4.74 Å². The summed E-state index contributed by atoms with van der Waals surface area (Å²) in [5.41, 5.74) is 2.15. The smallest absolute Gasteiger partial charge is 0.265 e. The highest BCUT2D eigenvalue weighted by atomic mass is 32.2. The summed E-state index contributed by atoms with van der Waals surface area (Å²) in [6.07, 6.45) is 0. The van der Waals surface area contributed by atoms with Gasteiger partial charge >= 0.3 is 0 Å². The number of aromatic nitrogens is 2. The fourth-order valence-corrected chi connectivity index (χ4v) is 6.13. The number of nitrogens with one attached hydrogen (secondary N) is 2. The van der Waals surface area contributed by atoms with E-state index in [0.29, 0.717) is 22.8 Å². The van der Waals surface area contributed by atoms with Gasteiger partial charge in [-0.25, -0.2) is 21.5 Å². The second-order valence-corrected chi connectivity index (χ2v) is 11.0. The molecule has 4 rings (SSSR count). The van der Waals surface area contributed by atoms with Crippen molar-refractivity contribution in [3.05, 3.63) is 90.3 Å². The fourth-order valence-electron chi connectivity index (χ4n) is 3.62. The lowest BCUT2D eigenvalue weighted by Crippen LogP contribution is -2.16. The number of benzene rings is 3. The number of para-hydroxylation sites is 1. The Bertz CT molecular complexity index is 1550. The summed E-state index contributed by atoms with van der Waals surface area (Å²) in [5, 5.41) is 4.39. The Balaban J connectivity index is 1.55. The zero-order valence-corrected chi connectivity index (χ0v) is 20.9. The zero-order chi connectivity index (χ0) is 25.2. The minimum absolute atomic E-state index is 0.0134. The molecule has 1 aromatic heterocycles. The van der Waals surface area contributed by atoms with Gasteiger partial charge in [-0.15, -0.1) is 0 Å². The van der Waals surface area contributed by atoms with Crippen molar-refractivity contribution in [2.45, 2.75) is 23.6 Å². The van der Waals surface area contributed by atoms with Gasteiger partial charge in [0.2, 0.25) is 0 Å². The van der Waals surface area contributed by atoms with Crippen LogP contribution in [0.1, 0.15) is 11.4 Å². The average Bonchev–Trinajstić information content (AvgIpc) is 3.14. The highest BCUT2D eigenvalue weighted by molar-refractivity contribution is 7.93. The Morgan fingerprint density at radius 2 is 1.29 bits per heavy atom.